The highest BCUT2D eigenvalue weighted by Gasteiger charge is 2.62. The molecule has 0 bridgehead atoms. The molecular formula is C32H31ClF4N2O3. The van der Waals surface area contributed by atoms with Gasteiger partial charge >= 0.3 is 6.18 Å². The number of carbonyl (C=O) groups excluding carboxylic acids is 2. The Bertz CT molecular complexity index is 1520. The van der Waals surface area contributed by atoms with Gasteiger partial charge in [-0.25, -0.2) is 4.39 Å². The third-order valence-corrected chi connectivity index (χ3v) is 10.2. The topological polar surface area (TPSA) is 78.4 Å². The van der Waals surface area contributed by atoms with E-state index in [2.05, 4.69) is 10.6 Å². The van der Waals surface area contributed by atoms with E-state index in [-0.39, 0.29) is 47.6 Å². The summed E-state index contributed by atoms with van der Waals surface area (Å²) >= 11 is 6.02. The molecule has 5 atom stereocenters. The maximum absolute atomic E-state index is 15.3. The highest BCUT2D eigenvalue weighted by molar-refractivity contribution is 6.30. The largest absolute Gasteiger partial charge is 0.509 e. The van der Waals surface area contributed by atoms with Crippen LogP contribution >= 0.6 is 11.6 Å². The minimum absolute atomic E-state index is 0.131. The van der Waals surface area contributed by atoms with E-state index in [0.29, 0.717) is 29.0 Å². The smallest absolute Gasteiger partial charge is 0.391 e. The van der Waals surface area contributed by atoms with Gasteiger partial charge in [-0.3, -0.25) is 9.59 Å². The molecule has 2 fully saturated rings. The summed E-state index contributed by atoms with van der Waals surface area (Å²) in [5.41, 5.74) is -1.05. The number of hydrogen-bond acceptors (Lipinski definition) is 3. The first-order chi connectivity index (χ1) is 19.8. The molecule has 10 heteroatoms. The Balaban J connectivity index is 1.49. The van der Waals surface area contributed by atoms with Crippen LogP contribution < -0.4 is 10.6 Å². The van der Waals surface area contributed by atoms with E-state index in [4.69, 9.17) is 11.6 Å². The predicted molar refractivity (Wildman–Crippen MR) is 151 cm³/mol. The third-order valence-electron chi connectivity index (χ3n) is 9.93. The maximum atomic E-state index is 15.3. The van der Waals surface area contributed by atoms with Crippen molar-refractivity contribution in [2.45, 2.75) is 69.1 Å². The molecule has 6 rings (SSSR count). The van der Waals surface area contributed by atoms with Gasteiger partial charge in [-0.2, -0.15) is 13.2 Å². The van der Waals surface area contributed by atoms with Gasteiger partial charge in [0.2, 0.25) is 5.91 Å². The van der Waals surface area contributed by atoms with Crippen LogP contribution in [0, 0.1) is 30.5 Å². The predicted octanol–water partition coefficient (Wildman–Crippen LogP) is 7.19. The van der Waals surface area contributed by atoms with Crippen molar-refractivity contribution in [1.82, 2.24) is 10.6 Å². The summed E-state index contributed by atoms with van der Waals surface area (Å²) in [5.74, 6) is -4.81. The SMILES string of the molecule is Cc1c(F)cc(-c2ccc(Cl)cc2)cc1C1=C(O)C2(CCC(C(F)(F)F)CC2C2CCCC[C@]23C=CC(=O)N3)NC1=O. The fourth-order valence-electron chi connectivity index (χ4n) is 7.80. The van der Waals surface area contributed by atoms with Gasteiger partial charge in [-0.15, -0.1) is 0 Å². The van der Waals surface area contributed by atoms with E-state index in [0.717, 1.165) is 12.8 Å². The van der Waals surface area contributed by atoms with Crippen LogP contribution in [-0.2, 0) is 9.59 Å². The zero-order chi connectivity index (χ0) is 30.0. The van der Waals surface area contributed by atoms with Crippen molar-refractivity contribution in [2.75, 3.05) is 0 Å². The van der Waals surface area contributed by atoms with Crippen LogP contribution in [0.2, 0.25) is 5.02 Å². The minimum Gasteiger partial charge on any atom is -0.509 e. The summed E-state index contributed by atoms with van der Waals surface area (Å²) in [5, 5.41) is 18.3. The highest BCUT2D eigenvalue weighted by Crippen LogP contribution is 2.57. The monoisotopic (exact) mass is 602 g/mol. The summed E-state index contributed by atoms with van der Waals surface area (Å²) in [7, 11) is 0. The molecule has 0 aromatic heterocycles. The second kappa shape index (κ2) is 10.1. The highest BCUT2D eigenvalue weighted by atomic mass is 35.5. The van der Waals surface area contributed by atoms with Crippen molar-refractivity contribution in [2.24, 2.45) is 17.8 Å². The van der Waals surface area contributed by atoms with E-state index in [1.165, 1.54) is 19.1 Å². The summed E-state index contributed by atoms with van der Waals surface area (Å²) < 4.78 is 57.7. The van der Waals surface area contributed by atoms with E-state index in [9.17, 15) is 27.9 Å². The lowest BCUT2D eigenvalue weighted by Gasteiger charge is -2.53. The molecule has 4 unspecified atom stereocenters. The second-order valence-electron chi connectivity index (χ2n) is 12.1. The molecule has 2 saturated carbocycles. The zero-order valence-corrected chi connectivity index (χ0v) is 23.7. The molecule has 0 saturated heterocycles. The molecular weight excluding hydrogens is 572 g/mol. The summed E-state index contributed by atoms with van der Waals surface area (Å²) in [6.07, 6.45) is 0.612. The Morgan fingerprint density at radius 2 is 1.71 bits per heavy atom. The first kappa shape index (κ1) is 28.8. The van der Waals surface area contributed by atoms with E-state index < -0.39 is 46.7 Å². The lowest BCUT2D eigenvalue weighted by molar-refractivity contribution is -0.194. The van der Waals surface area contributed by atoms with Crippen LogP contribution in [0.1, 0.15) is 56.1 Å². The van der Waals surface area contributed by atoms with Crippen molar-refractivity contribution in [3.05, 3.63) is 76.3 Å². The van der Waals surface area contributed by atoms with E-state index >= 15 is 4.39 Å². The Hall–Kier alpha value is -3.33. The Kier molecular flexibility index (Phi) is 6.95. The lowest BCUT2D eigenvalue weighted by atomic mass is 9.56. The molecule has 2 aromatic carbocycles. The van der Waals surface area contributed by atoms with Crippen LogP contribution in [0.15, 0.2) is 54.3 Å². The fraction of sp³-hybridized carbons (Fsp3) is 0.438. The molecule has 42 heavy (non-hydrogen) atoms. The Labute approximate surface area is 246 Å². The zero-order valence-electron chi connectivity index (χ0n) is 23.0. The number of benzene rings is 2. The van der Waals surface area contributed by atoms with Crippen molar-refractivity contribution >= 4 is 29.0 Å². The summed E-state index contributed by atoms with van der Waals surface area (Å²) in [6, 6.07) is 9.68. The Morgan fingerprint density at radius 3 is 2.38 bits per heavy atom. The molecule has 222 valence electrons. The van der Waals surface area contributed by atoms with Gasteiger partial charge in [0, 0.05) is 11.1 Å². The minimum atomic E-state index is -4.45. The van der Waals surface area contributed by atoms with Crippen LogP contribution in [0.4, 0.5) is 17.6 Å². The van der Waals surface area contributed by atoms with Crippen LogP contribution in [0.3, 0.4) is 0 Å². The van der Waals surface area contributed by atoms with E-state index in [1.807, 2.05) is 0 Å². The molecule has 0 radical (unpaired) electrons. The number of nitrogens with one attached hydrogen (secondary N) is 2. The van der Waals surface area contributed by atoms with Crippen molar-refractivity contribution < 1.29 is 32.3 Å². The number of rotatable bonds is 3. The average molecular weight is 603 g/mol. The number of amides is 2. The quantitative estimate of drug-likeness (QED) is 0.326. The molecule has 2 spiro atoms. The summed E-state index contributed by atoms with van der Waals surface area (Å²) in [4.78, 5) is 26.0. The number of hydrogen-bond donors (Lipinski definition) is 3. The standard InChI is InChI=1S/C32H31ClF4N2O3/c1-17-22(14-19(15-25(17)34)18-5-7-21(33)8-6-18)27-28(41)31(39-29(27)42)13-9-20(32(35,36)37)16-24(31)23-4-2-3-11-30(23)12-10-26(40)38-30/h5-8,10,12,14-15,20,23-24,41H,2-4,9,11,13,16H2,1H3,(H,38,40)(H,39,42)/t20?,23?,24?,30-,31?/m0/s1. The van der Waals surface area contributed by atoms with Gasteiger partial charge in [0.05, 0.1) is 17.0 Å². The Morgan fingerprint density at radius 1 is 0.976 bits per heavy atom. The van der Waals surface area contributed by atoms with Gasteiger partial charge in [-0.05, 0) is 97.4 Å². The first-order valence-electron chi connectivity index (χ1n) is 14.3. The fourth-order valence-corrected chi connectivity index (χ4v) is 7.93. The third kappa shape index (κ3) is 4.60. The number of aliphatic hydroxyl groups is 1. The number of carbonyl (C=O) groups is 2. The summed E-state index contributed by atoms with van der Waals surface area (Å²) in [6.45, 7) is 1.50. The normalized spacial score (nSPS) is 31.2. The molecule has 2 heterocycles. The molecule has 5 nitrogen and oxygen atoms in total. The molecule has 2 aliphatic carbocycles. The van der Waals surface area contributed by atoms with Gasteiger partial charge in [0.1, 0.15) is 17.1 Å². The molecule has 3 N–H and O–H groups in total. The maximum Gasteiger partial charge on any atom is 0.391 e. The molecule has 4 aliphatic rings. The lowest BCUT2D eigenvalue weighted by Crippen LogP contribution is -2.63. The number of aliphatic hydroxyl groups excluding tert-OH is 1. The molecule has 2 aromatic rings. The van der Waals surface area contributed by atoms with Crippen LogP contribution in [0.25, 0.3) is 16.7 Å². The van der Waals surface area contributed by atoms with Crippen LogP contribution in [0.5, 0.6) is 0 Å². The van der Waals surface area contributed by atoms with Gasteiger partial charge in [-0.1, -0.05) is 42.7 Å². The van der Waals surface area contributed by atoms with E-state index in [1.54, 1.807) is 36.4 Å². The van der Waals surface area contributed by atoms with Crippen LogP contribution in [-0.4, -0.2) is 34.2 Å². The van der Waals surface area contributed by atoms with Crippen molar-refractivity contribution in [3.63, 3.8) is 0 Å². The molecule has 2 aliphatic heterocycles. The molecule has 2 amide bonds. The average Bonchev–Trinajstić information content (AvgIpc) is 3.42. The van der Waals surface area contributed by atoms with Crippen molar-refractivity contribution in [3.8, 4) is 11.1 Å². The first-order valence-corrected chi connectivity index (χ1v) is 14.6. The van der Waals surface area contributed by atoms with Gasteiger partial charge < -0.3 is 15.7 Å². The number of halogens is 5. The van der Waals surface area contributed by atoms with Crippen molar-refractivity contribution in [1.29, 1.82) is 0 Å². The second-order valence-corrected chi connectivity index (χ2v) is 12.6. The number of alkyl halides is 3. The van der Waals surface area contributed by atoms with Gasteiger partial charge in [0.15, 0.2) is 0 Å². The van der Waals surface area contributed by atoms with Gasteiger partial charge in [0.25, 0.3) is 5.91 Å².